The number of rotatable bonds is 5. The number of nitrogens with zero attached hydrogens (tertiary/aromatic N) is 1. The molecule has 0 aliphatic carbocycles. The molecule has 0 amide bonds. The topological polar surface area (TPSA) is 32.3 Å². The molecule has 29 heavy (non-hydrogen) atoms. The lowest BCUT2D eigenvalue weighted by Crippen LogP contribution is -2.31. The maximum Gasteiger partial charge on any atom is 0.174 e. The van der Waals surface area contributed by atoms with Gasteiger partial charge in [-0.15, -0.1) is 0 Å². The van der Waals surface area contributed by atoms with Gasteiger partial charge in [0.15, 0.2) is 5.78 Å². The second kappa shape index (κ2) is 8.22. The smallest absolute Gasteiger partial charge is 0.174 e. The first-order chi connectivity index (χ1) is 14.1. The number of ketones is 1. The Labute approximate surface area is 173 Å². The largest absolute Gasteiger partial charge is 0.377 e. The molecule has 0 fully saturated rings. The van der Waals surface area contributed by atoms with Crippen molar-refractivity contribution >= 4 is 11.5 Å². The predicted octanol–water partition coefficient (Wildman–Crippen LogP) is 5.44. The Morgan fingerprint density at radius 2 is 1.45 bits per heavy atom. The molecule has 1 heterocycles. The van der Waals surface area contributed by atoms with E-state index in [1.807, 2.05) is 24.3 Å². The van der Waals surface area contributed by atoms with E-state index in [0.717, 1.165) is 35.3 Å². The second-order valence-electron chi connectivity index (χ2n) is 8.08. The summed E-state index contributed by atoms with van der Waals surface area (Å²) in [7, 11) is 4.14. The van der Waals surface area contributed by atoms with Crippen LogP contribution in [0.2, 0.25) is 0 Å². The van der Waals surface area contributed by atoms with Crippen LogP contribution in [0.1, 0.15) is 51.5 Å². The molecular formula is C26H28N2O. The molecule has 2 unspecified atom stereocenters. The second-order valence-corrected chi connectivity index (χ2v) is 8.08. The number of carbonyl (C=O) groups is 1. The zero-order chi connectivity index (χ0) is 20.4. The summed E-state index contributed by atoms with van der Waals surface area (Å²) in [6.07, 6.45) is 0.997. The highest BCUT2D eigenvalue weighted by Crippen LogP contribution is 2.42. The third kappa shape index (κ3) is 3.96. The maximum absolute atomic E-state index is 13.5. The highest BCUT2D eigenvalue weighted by Gasteiger charge is 2.37. The number of nitrogens with one attached hydrogen (secondary N) is 1. The van der Waals surface area contributed by atoms with E-state index in [1.165, 1.54) is 11.1 Å². The number of Topliss-reactive ketones (excluding diaryl/α,β-unsaturated/α-hetero) is 1. The fourth-order valence-corrected chi connectivity index (χ4v) is 4.17. The van der Waals surface area contributed by atoms with Crippen LogP contribution >= 0.6 is 0 Å². The van der Waals surface area contributed by atoms with Crippen molar-refractivity contribution in [2.24, 2.45) is 0 Å². The number of carbonyl (C=O) groups excluding carboxylic acids is 1. The standard InChI is InChI=1S/C26H28N2O/c1-4-18-9-13-20(14-10-18)24-25(21-15-11-19(12-16-21)17-28(2)3)27-23-8-6-5-7-22(23)26(24)29/h5-16,24-25,27H,4,17H2,1-3H3. The van der Waals surface area contributed by atoms with Gasteiger partial charge in [0.25, 0.3) is 0 Å². The lowest BCUT2D eigenvalue weighted by Gasteiger charge is -2.34. The molecule has 0 aromatic heterocycles. The Bertz CT molecular complexity index is 990. The number of fused-ring (bicyclic) bond motifs is 1. The summed E-state index contributed by atoms with van der Waals surface area (Å²) in [6, 6.07) is 24.9. The monoisotopic (exact) mass is 384 g/mol. The number of hydrogen-bond donors (Lipinski definition) is 1. The van der Waals surface area contributed by atoms with E-state index >= 15 is 0 Å². The number of benzene rings is 3. The van der Waals surface area contributed by atoms with Gasteiger partial charge in [-0.05, 0) is 54.9 Å². The lowest BCUT2D eigenvalue weighted by atomic mass is 9.78. The van der Waals surface area contributed by atoms with Crippen LogP contribution < -0.4 is 5.32 Å². The summed E-state index contributed by atoms with van der Waals surface area (Å²) in [4.78, 5) is 15.7. The van der Waals surface area contributed by atoms with Crippen molar-refractivity contribution in [2.45, 2.75) is 31.8 Å². The first-order valence-electron chi connectivity index (χ1n) is 10.3. The van der Waals surface area contributed by atoms with Gasteiger partial charge in [-0.25, -0.2) is 0 Å². The fraction of sp³-hybridized carbons (Fsp3) is 0.269. The summed E-state index contributed by atoms with van der Waals surface area (Å²) < 4.78 is 0. The molecule has 148 valence electrons. The van der Waals surface area contributed by atoms with Crippen LogP contribution in [0, 0.1) is 0 Å². The van der Waals surface area contributed by atoms with E-state index < -0.39 is 0 Å². The molecule has 0 saturated carbocycles. The molecule has 0 bridgehead atoms. The molecule has 0 radical (unpaired) electrons. The van der Waals surface area contributed by atoms with Crippen molar-refractivity contribution in [3.05, 3.63) is 101 Å². The maximum atomic E-state index is 13.5. The number of para-hydroxylation sites is 1. The third-order valence-corrected chi connectivity index (χ3v) is 5.70. The SMILES string of the molecule is CCc1ccc(C2C(=O)c3ccccc3NC2c2ccc(CN(C)C)cc2)cc1. The van der Waals surface area contributed by atoms with Crippen molar-refractivity contribution in [1.82, 2.24) is 4.90 Å². The van der Waals surface area contributed by atoms with Crippen molar-refractivity contribution in [2.75, 3.05) is 19.4 Å². The van der Waals surface area contributed by atoms with Gasteiger partial charge < -0.3 is 10.2 Å². The minimum atomic E-state index is -0.240. The van der Waals surface area contributed by atoms with E-state index in [1.54, 1.807) is 0 Å². The molecule has 1 aliphatic rings. The van der Waals surface area contributed by atoms with Gasteiger partial charge in [-0.2, -0.15) is 0 Å². The average molecular weight is 385 g/mol. The molecule has 1 aliphatic heterocycles. The first-order valence-corrected chi connectivity index (χ1v) is 10.3. The van der Waals surface area contributed by atoms with E-state index in [-0.39, 0.29) is 17.7 Å². The minimum absolute atomic E-state index is 0.0849. The van der Waals surface area contributed by atoms with E-state index in [4.69, 9.17) is 0 Å². The van der Waals surface area contributed by atoms with Crippen molar-refractivity contribution < 1.29 is 4.79 Å². The van der Waals surface area contributed by atoms with Crippen LogP contribution in [0.5, 0.6) is 0 Å². The van der Waals surface area contributed by atoms with Crippen LogP contribution in [0.3, 0.4) is 0 Å². The van der Waals surface area contributed by atoms with Crippen molar-refractivity contribution in [3.63, 3.8) is 0 Å². The van der Waals surface area contributed by atoms with E-state index in [2.05, 4.69) is 79.8 Å². The highest BCUT2D eigenvalue weighted by atomic mass is 16.1. The summed E-state index contributed by atoms with van der Waals surface area (Å²) >= 11 is 0. The van der Waals surface area contributed by atoms with Gasteiger partial charge in [-0.3, -0.25) is 4.79 Å². The molecule has 3 aromatic carbocycles. The summed E-state index contributed by atoms with van der Waals surface area (Å²) in [6.45, 7) is 3.05. The normalized spacial score (nSPS) is 18.4. The number of anilines is 1. The molecule has 2 atom stereocenters. The Hall–Kier alpha value is -2.91. The van der Waals surface area contributed by atoms with Gasteiger partial charge in [-0.1, -0.05) is 67.6 Å². The van der Waals surface area contributed by atoms with E-state index in [9.17, 15) is 4.79 Å². The Morgan fingerprint density at radius 1 is 0.828 bits per heavy atom. The van der Waals surface area contributed by atoms with Gasteiger partial charge in [0.2, 0.25) is 0 Å². The number of aryl methyl sites for hydroxylation is 1. The van der Waals surface area contributed by atoms with Crippen LogP contribution in [0.15, 0.2) is 72.8 Å². The molecule has 3 heteroatoms. The fourth-order valence-electron chi connectivity index (χ4n) is 4.17. The summed E-state index contributed by atoms with van der Waals surface area (Å²) in [5.74, 6) is -0.0542. The first kappa shape index (κ1) is 19.4. The Balaban J connectivity index is 1.75. The Morgan fingerprint density at radius 3 is 2.10 bits per heavy atom. The zero-order valence-electron chi connectivity index (χ0n) is 17.4. The van der Waals surface area contributed by atoms with E-state index in [0.29, 0.717) is 0 Å². The average Bonchev–Trinajstić information content (AvgIpc) is 2.74. The molecule has 3 aromatic rings. The van der Waals surface area contributed by atoms with Gasteiger partial charge >= 0.3 is 0 Å². The molecule has 3 nitrogen and oxygen atoms in total. The van der Waals surface area contributed by atoms with Gasteiger partial charge in [0, 0.05) is 17.8 Å². The van der Waals surface area contributed by atoms with Gasteiger partial charge in [0.1, 0.15) is 0 Å². The van der Waals surface area contributed by atoms with Crippen molar-refractivity contribution in [1.29, 1.82) is 0 Å². The Kier molecular flexibility index (Phi) is 5.50. The molecule has 4 rings (SSSR count). The zero-order valence-corrected chi connectivity index (χ0v) is 17.4. The molecule has 0 spiro atoms. The summed E-state index contributed by atoms with van der Waals surface area (Å²) in [5.41, 5.74) is 6.45. The highest BCUT2D eigenvalue weighted by molar-refractivity contribution is 6.07. The minimum Gasteiger partial charge on any atom is -0.377 e. The summed E-state index contributed by atoms with van der Waals surface area (Å²) in [5, 5.41) is 3.65. The third-order valence-electron chi connectivity index (χ3n) is 5.70. The van der Waals surface area contributed by atoms with Crippen LogP contribution in [0.25, 0.3) is 0 Å². The van der Waals surface area contributed by atoms with Gasteiger partial charge in [0.05, 0.1) is 12.0 Å². The number of hydrogen-bond acceptors (Lipinski definition) is 3. The molecule has 1 N–H and O–H groups in total. The van der Waals surface area contributed by atoms with Crippen LogP contribution in [-0.4, -0.2) is 24.8 Å². The van der Waals surface area contributed by atoms with Crippen LogP contribution in [-0.2, 0) is 13.0 Å². The molecular weight excluding hydrogens is 356 g/mol. The lowest BCUT2D eigenvalue weighted by molar-refractivity contribution is 0.0945. The molecule has 0 saturated heterocycles. The predicted molar refractivity (Wildman–Crippen MR) is 120 cm³/mol. The quantitative estimate of drug-likeness (QED) is 0.635. The van der Waals surface area contributed by atoms with Crippen LogP contribution in [0.4, 0.5) is 5.69 Å². The van der Waals surface area contributed by atoms with Crippen molar-refractivity contribution in [3.8, 4) is 0 Å².